The van der Waals surface area contributed by atoms with Crippen LogP contribution in [0.4, 0.5) is 18.9 Å². The number of alkyl halides is 3. The summed E-state index contributed by atoms with van der Waals surface area (Å²) in [5.41, 5.74) is 3.62. The van der Waals surface area contributed by atoms with Crippen LogP contribution in [-0.2, 0) is 23.9 Å². The van der Waals surface area contributed by atoms with E-state index in [9.17, 15) is 22.8 Å². The highest BCUT2D eigenvalue weighted by Crippen LogP contribution is 2.34. The average Bonchev–Trinajstić information content (AvgIpc) is 3.46. The van der Waals surface area contributed by atoms with E-state index < -0.39 is 17.3 Å². The number of hydrogen-bond donors (Lipinski definition) is 0. The summed E-state index contributed by atoms with van der Waals surface area (Å²) in [5.74, 6) is 0.992. The second-order valence-corrected chi connectivity index (χ2v) is 14.3. The zero-order chi connectivity index (χ0) is 34.6. The fourth-order valence-corrected chi connectivity index (χ4v) is 6.77. The molecule has 0 bridgehead atoms. The molecular formula is C38H42F3N3O3S. The van der Waals surface area contributed by atoms with E-state index in [1.54, 1.807) is 32.0 Å². The van der Waals surface area contributed by atoms with Gasteiger partial charge in [-0.3, -0.25) is 14.5 Å². The summed E-state index contributed by atoms with van der Waals surface area (Å²) >= 11 is 1.43. The molecule has 48 heavy (non-hydrogen) atoms. The first-order chi connectivity index (χ1) is 22.7. The molecule has 254 valence electrons. The fraction of sp³-hybridized carbons (Fsp3) is 0.395. The number of thiazole rings is 1. The number of anilines is 1. The van der Waals surface area contributed by atoms with Crippen LogP contribution >= 0.6 is 11.3 Å². The van der Waals surface area contributed by atoms with Gasteiger partial charge in [-0.25, -0.2) is 4.98 Å². The van der Waals surface area contributed by atoms with Crippen molar-refractivity contribution in [1.82, 2.24) is 9.88 Å². The SMILES string of the molecule is Cc1cc(C(=O)CCc2sc(-c3ccc(C(F)(F)F)cc3)nc2CN2CCN(c3ccc(C(C)C)cc3)CC2)ccc1OC(C)(C)C=O. The van der Waals surface area contributed by atoms with E-state index >= 15 is 0 Å². The summed E-state index contributed by atoms with van der Waals surface area (Å²) in [4.78, 5) is 35.2. The lowest BCUT2D eigenvalue weighted by molar-refractivity contribution is -0.137. The Labute approximate surface area is 284 Å². The van der Waals surface area contributed by atoms with Crippen molar-refractivity contribution in [3.63, 3.8) is 0 Å². The van der Waals surface area contributed by atoms with Crippen LogP contribution in [-0.4, -0.2) is 53.7 Å². The van der Waals surface area contributed by atoms with Crippen molar-refractivity contribution in [2.24, 2.45) is 0 Å². The molecule has 0 aliphatic carbocycles. The molecule has 1 aliphatic heterocycles. The van der Waals surface area contributed by atoms with Crippen molar-refractivity contribution in [1.29, 1.82) is 0 Å². The second-order valence-electron chi connectivity index (χ2n) is 13.2. The average molecular weight is 678 g/mol. The number of carbonyl (C=O) groups is 2. The van der Waals surface area contributed by atoms with Crippen molar-refractivity contribution in [2.75, 3.05) is 31.1 Å². The molecule has 2 heterocycles. The van der Waals surface area contributed by atoms with Gasteiger partial charge in [0, 0.05) is 60.8 Å². The summed E-state index contributed by atoms with van der Waals surface area (Å²) < 4.78 is 45.4. The number of Topliss-reactive ketones (excluding diaryl/α,β-unsaturated/α-hetero) is 1. The number of rotatable bonds is 12. The number of piperazine rings is 1. The third-order valence-electron chi connectivity index (χ3n) is 8.64. The number of aldehydes is 1. The Balaban J connectivity index is 1.30. The molecule has 1 aromatic heterocycles. The van der Waals surface area contributed by atoms with Crippen molar-refractivity contribution in [2.45, 2.75) is 71.7 Å². The fourth-order valence-electron chi connectivity index (χ4n) is 5.69. The minimum absolute atomic E-state index is 0.0353. The molecule has 10 heteroatoms. The maximum Gasteiger partial charge on any atom is 0.416 e. The van der Waals surface area contributed by atoms with Crippen LogP contribution in [0.2, 0.25) is 0 Å². The van der Waals surface area contributed by atoms with Gasteiger partial charge in [-0.15, -0.1) is 11.3 Å². The number of aromatic nitrogens is 1. The number of ketones is 1. The monoisotopic (exact) mass is 677 g/mol. The number of ether oxygens (including phenoxy) is 1. The zero-order valence-corrected chi connectivity index (χ0v) is 28.9. The lowest BCUT2D eigenvalue weighted by Crippen LogP contribution is -2.46. The molecule has 0 spiro atoms. The van der Waals surface area contributed by atoms with Crippen LogP contribution in [0.15, 0.2) is 66.7 Å². The predicted molar refractivity (Wildman–Crippen MR) is 185 cm³/mol. The number of nitrogens with zero attached hydrogens (tertiary/aromatic N) is 3. The summed E-state index contributed by atoms with van der Waals surface area (Å²) in [6.45, 7) is 13.6. The number of aryl methyl sites for hydroxylation is 2. The van der Waals surface area contributed by atoms with Gasteiger partial charge in [0.2, 0.25) is 0 Å². The predicted octanol–water partition coefficient (Wildman–Crippen LogP) is 8.75. The van der Waals surface area contributed by atoms with Crippen LogP contribution in [0, 0.1) is 6.92 Å². The molecule has 6 nitrogen and oxygen atoms in total. The van der Waals surface area contributed by atoms with Crippen LogP contribution in [0.1, 0.15) is 77.7 Å². The van der Waals surface area contributed by atoms with E-state index in [0.29, 0.717) is 40.8 Å². The molecule has 0 amide bonds. The molecular weight excluding hydrogens is 635 g/mol. The maximum absolute atomic E-state index is 13.3. The summed E-state index contributed by atoms with van der Waals surface area (Å²) in [5, 5.41) is 0.639. The van der Waals surface area contributed by atoms with Crippen molar-refractivity contribution < 1.29 is 27.5 Å². The van der Waals surface area contributed by atoms with Crippen molar-refractivity contribution in [3.05, 3.63) is 99.6 Å². The first-order valence-corrected chi connectivity index (χ1v) is 17.1. The molecule has 4 aromatic rings. The Morgan fingerprint density at radius 2 is 1.65 bits per heavy atom. The Hall–Kier alpha value is -4.02. The first-order valence-electron chi connectivity index (χ1n) is 16.2. The summed E-state index contributed by atoms with van der Waals surface area (Å²) in [7, 11) is 0. The number of hydrogen-bond acceptors (Lipinski definition) is 7. The molecule has 1 aliphatic rings. The van der Waals surface area contributed by atoms with E-state index in [0.717, 1.165) is 60.7 Å². The van der Waals surface area contributed by atoms with Gasteiger partial charge in [0.05, 0.1) is 11.3 Å². The second kappa shape index (κ2) is 14.6. The summed E-state index contributed by atoms with van der Waals surface area (Å²) in [6, 6.07) is 19.0. The smallest absolute Gasteiger partial charge is 0.416 e. The number of carbonyl (C=O) groups excluding carboxylic acids is 2. The van der Waals surface area contributed by atoms with E-state index in [2.05, 4.69) is 47.9 Å². The van der Waals surface area contributed by atoms with Gasteiger partial charge >= 0.3 is 6.18 Å². The van der Waals surface area contributed by atoms with Crippen molar-refractivity contribution in [3.8, 4) is 16.3 Å². The van der Waals surface area contributed by atoms with E-state index in [-0.39, 0.29) is 12.2 Å². The highest BCUT2D eigenvalue weighted by Gasteiger charge is 2.30. The molecule has 5 rings (SSSR count). The minimum Gasteiger partial charge on any atom is -0.480 e. The molecule has 1 fully saturated rings. The Bertz CT molecular complexity index is 1720. The third kappa shape index (κ3) is 8.71. The van der Waals surface area contributed by atoms with Crippen LogP contribution in [0.5, 0.6) is 5.75 Å². The molecule has 3 aromatic carbocycles. The Morgan fingerprint density at radius 1 is 0.979 bits per heavy atom. The first kappa shape index (κ1) is 35.3. The number of benzene rings is 3. The Kier molecular flexibility index (Phi) is 10.7. The lowest BCUT2D eigenvalue weighted by atomic mass is 10.0. The largest absolute Gasteiger partial charge is 0.480 e. The minimum atomic E-state index is -4.41. The van der Waals surface area contributed by atoms with E-state index in [4.69, 9.17) is 9.72 Å². The molecule has 0 atom stereocenters. The van der Waals surface area contributed by atoms with Crippen LogP contribution in [0.25, 0.3) is 10.6 Å². The van der Waals surface area contributed by atoms with Gasteiger partial charge in [0.15, 0.2) is 17.7 Å². The quantitative estimate of drug-likeness (QED) is 0.110. The van der Waals surface area contributed by atoms with Crippen LogP contribution in [0.3, 0.4) is 0 Å². The van der Waals surface area contributed by atoms with Gasteiger partial charge in [0.25, 0.3) is 0 Å². The standard InChI is InChI=1S/C38H42F3N3O3S/c1-25(2)27-8-13-31(14-9-27)44-20-18-43(19-21-44)23-32-35(48-36(42-32)28-6-11-30(12-7-28)38(39,40)41)17-15-33(46)29-10-16-34(26(3)22-29)47-37(4,5)24-45/h6-14,16,22,24-25H,15,17-21,23H2,1-5H3. The van der Waals surface area contributed by atoms with Crippen LogP contribution < -0.4 is 9.64 Å². The molecule has 0 unspecified atom stereocenters. The van der Waals surface area contributed by atoms with Gasteiger partial charge in [-0.05, 0) is 86.7 Å². The summed E-state index contributed by atoms with van der Waals surface area (Å²) in [6.07, 6.45) is -2.96. The molecule has 0 radical (unpaired) electrons. The van der Waals surface area contributed by atoms with Gasteiger partial charge in [-0.1, -0.05) is 38.1 Å². The molecule has 1 saturated heterocycles. The van der Waals surface area contributed by atoms with E-state index in [1.807, 2.05) is 6.92 Å². The molecule has 0 N–H and O–H groups in total. The highest BCUT2D eigenvalue weighted by atomic mass is 32.1. The van der Waals surface area contributed by atoms with Gasteiger partial charge in [0.1, 0.15) is 10.8 Å². The lowest BCUT2D eigenvalue weighted by Gasteiger charge is -2.36. The van der Waals surface area contributed by atoms with Gasteiger partial charge in [-0.2, -0.15) is 13.2 Å². The molecule has 0 saturated carbocycles. The Morgan fingerprint density at radius 3 is 2.23 bits per heavy atom. The van der Waals surface area contributed by atoms with E-state index in [1.165, 1.54) is 34.7 Å². The zero-order valence-electron chi connectivity index (χ0n) is 28.1. The topological polar surface area (TPSA) is 62.7 Å². The highest BCUT2D eigenvalue weighted by molar-refractivity contribution is 7.15. The maximum atomic E-state index is 13.3. The van der Waals surface area contributed by atoms with Crippen molar-refractivity contribution >= 4 is 29.1 Å². The normalized spacial score (nSPS) is 14.4. The third-order valence-corrected chi connectivity index (χ3v) is 9.85. The number of halogens is 3. The van der Waals surface area contributed by atoms with Gasteiger partial charge < -0.3 is 9.64 Å².